The minimum Gasteiger partial charge on any atom is -0.494 e. The van der Waals surface area contributed by atoms with Gasteiger partial charge in [0, 0.05) is 27.0 Å². The lowest BCUT2D eigenvalue weighted by Gasteiger charge is -2.09. The largest absolute Gasteiger partial charge is 0.494 e. The van der Waals surface area contributed by atoms with Gasteiger partial charge in [0.1, 0.15) is 5.75 Å². The van der Waals surface area contributed by atoms with Crippen LogP contribution in [0.4, 0.5) is 5.69 Å². The average Bonchev–Trinajstić information content (AvgIpc) is 2.49. The Bertz CT molecular complexity index is 570. The van der Waals surface area contributed by atoms with Crippen LogP contribution in [0.15, 0.2) is 52.3 Å². The molecule has 2 rings (SSSR count). The minimum atomic E-state index is 0.678. The van der Waals surface area contributed by atoms with Crippen LogP contribution in [0.5, 0.6) is 5.75 Å². The second-order valence-electron chi connectivity index (χ2n) is 4.64. The number of nitrogen functional groups attached to an aromatic ring is 1. The number of hydrogen-bond donors (Lipinski definition) is 1. The normalized spacial score (nSPS) is 10.6. The molecule has 112 valence electrons. The highest BCUT2D eigenvalue weighted by molar-refractivity contribution is 8.03. The molecule has 0 saturated carbocycles. The van der Waals surface area contributed by atoms with Gasteiger partial charge in [0.25, 0.3) is 0 Å². The molecule has 0 spiro atoms. The Morgan fingerprint density at radius 2 is 1.71 bits per heavy atom. The van der Waals surface area contributed by atoms with Gasteiger partial charge in [0.2, 0.25) is 0 Å². The molecule has 0 amide bonds. The standard InChI is InChI=1S/C17H21NOS2/c1-3-19-14-6-9-16(18)17(12-14)21-11-10-20-15-7-4-13(2)5-8-15/h4-9,12H,3,10-11,18H2,1-2H3. The monoisotopic (exact) mass is 319 g/mol. The van der Waals surface area contributed by atoms with Crippen molar-refractivity contribution in [3.05, 3.63) is 48.0 Å². The van der Waals surface area contributed by atoms with Gasteiger partial charge in [0.05, 0.1) is 6.61 Å². The molecule has 0 heterocycles. The van der Waals surface area contributed by atoms with E-state index in [-0.39, 0.29) is 0 Å². The van der Waals surface area contributed by atoms with Gasteiger partial charge in [-0.05, 0) is 44.2 Å². The summed E-state index contributed by atoms with van der Waals surface area (Å²) in [7, 11) is 0. The molecule has 0 fully saturated rings. The van der Waals surface area contributed by atoms with Gasteiger partial charge in [0.15, 0.2) is 0 Å². The van der Waals surface area contributed by atoms with E-state index in [1.54, 1.807) is 11.8 Å². The van der Waals surface area contributed by atoms with Crippen LogP contribution in [-0.4, -0.2) is 18.1 Å². The second-order valence-corrected chi connectivity index (χ2v) is 6.95. The van der Waals surface area contributed by atoms with E-state index in [4.69, 9.17) is 10.5 Å². The van der Waals surface area contributed by atoms with Crippen LogP contribution in [0, 0.1) is 6.92 Å². The van der Waals surface area contributed by atoms with Crippen molar-refractivity contribution in [2.24, 2.45) is 0 Å². The number of benzene rings is 2. The van der Waals surface area contributed by atoms with E-state index in [1.807, 2.05) is 36.9 Å². The molecule has 0 bridgehead atoms. The maximum Gasteiger partial charge on any atom is 0.120 e. The summed E-state index contributed by atoms with van der Waals surface area (Å²) in [5.74, 6) is 2.98. The van der Waals surface area contributed by atoms with E-state index >= 15 is 0 Å². The zero-order valence-electron chi connectivity index (χ0n) is 12.5. The lowest BCUT2D eigenvalue weighted by molar-refractivity contribution is 0.339. The molecule has 2 aromatic carbocycles. The van der Waals surface area contributed by atoms with Gasteiger partial charge in [-0.2, -0.15) is 0 Å². The van der Waals surface area contributed by atoms with E-state index in [1.165, 1.54) is 10.5 Å². The fourth-order valence-electron chi connectivity index (χ4n) is 1.84. The van der Waals surface area contributed by atoms with E-state index in [0.29, 0.717) is 6.61 Å². The Hall–Kier alpha value is -1.26. The smallest absolute Gasteiger partial charge is 0.120 e. The number of hydrogen-bond acceptors (Lipinski definition) is 4. The molecular formula is C17H21NOS2. The number of ether oxygens (including phenoxy) is 1. The number of thioether (sulfide) groups is 2. The highest BCUT2D eigenvalue weighted by atomic mass is 32.2. The van der Waals surface area contributed by atoms with E-state index in [0.717, 1.165) is 27.8 Å². The van der Waals surface area contributed by atoms with Crippen LogP contribution < -0.4 is 10.5 Å². The maximum absolute atomic E-state index is 6.01. The number of nitrogens with two attached hydrogens (primary N) is 1. The van der Waals surface area contributed by atoms with Crippen LogP contribution in [-0.2, 0) is 0 Å². The third-order valence-corrected chi connectivity index (χ3v) is 5.27. The van der Waals surface area contributed by atoms with Gasteiger partial charge < -0.3 is 10.5 Å². The van der Waals surface area contributed by atoms with Gasteiger partial charge in [-0.15, -0.1) is 23.5 Å². The summed E-state index contributed by atoms with van der Waals surface area (Å²) in [6.45, 7) is 4.77. The number of rotatable bonds is 7. The van der Waals surface area contributed by atoms with Gasteiger partial charge in [-0.3, -0.25) is 0 Å². The van der Waals surface area contributed by atoms with Crippen molar-refractivity contribution in [2.75, 3.05) is 23.8 Å². The third-order valence-electron chi connectivity index (χ3n) is 2.93. The van der Waals surface area contributed by atoms with Crippen LogP contribution >= 0.6 is 23.5 Å². The zero-order valence-corrected chi connectivity index (χ0v) is 14.1. The Labute approximate surface area is 135 Å². The van der Waals surface area contributed by atoms with Crippen molar-refractivity contribution in [2.45, 2.75) is 23.6 Å². The first kappa shape index (κ1) is 16.1. The number of anilines is 1. The summed E-state index contributed by atoms with van der Waals surface area (Å²) in [5, 5.41) is 0. The third kappa shape index (κ3) is 5.21. The first-order valence-corrected chi connectivity index (χ1v) is 9.00. The van der Waals surface area contributed by atoms with Crippen molar-refractivity contribution < 1.29 is 4.74 Å². The van der Waals surface area contributed by atoms with Crippen molar-refractivity contribution in [1.82, 2.24) is 0 Å². The average molecular weight is 319 g/mol. The van der Waals surface area contributed by atoms with Crippen LogP contribution in [0.3, 0.4) is 0 Å². The first-order valence-electron chi connectivity index (χ1n) is 7.03. The zero-order chi connectivity index (χ0) is 15.1. The maximum atomic E-state index is 6.01. The fourth-order valence-corrected chi connectivity index (χ4v) is 3.73. The summed E-state index contributed by atoms with van der Waals surface area (Å²) in [6, 6.07) is 14.5. The SMILES string of the molecule is CCOc1ccc(N)c(SCCSc2ccc(C)cc2)c1. The summed E-state index contributed by atoms with van der Waals surface area (Å²) in [5.41, 5.74) is 8.14. The summed E-state index contributed by atoms with van der Waals surface area (Å²) < 4.78 is 5.51. The molecule has 0 aliphatic rings. The summed E-state index contributed by atoms with van der Waals surface area (Å²) in [6.07, 6.45) is 0. The molecule has 0 unspecified atom stereocenters. The second kappa shape index (κ2) is 8.25. The highest BCUT2D eigenvalue weighted by Crippen LogP contribution is 2.30. The first-order chi connectivity index (χ1) is 10.2. The van der Waals surface area contributed by atoms with Crippen molar-refractivity contribution in [3.63, 3.8) is 0 Å². The highest BCUT2D eigenvalue weighted by Gasteiger charge is 2.03. The topological polar surface area (TPSA) is 35.2 Å². The molecule has 2 nitrogen and oxygen atoms in total. The molecule has 21 heavy (non-hydrogen) atoms. The molecule has 0 aromatic heterocycles. The molecule has 0 saturated heterocycles. The number of aryl methyl sites for hydroxylation is 1. The Morgan fingerprint density at radius 1 is 1.00 bits per heavy atom. The molecule has 0 aliphatic carbocycles. The fraction of sp³-hybridized carbons (Fsp3) is 0.294. The quantitative estimate of drug-likeness (QED) is 0.449. The molecule has 2 aromatic rings. The van der Waals surface area contributed by atoms with Gasteiger partial charge in [-0.1, -0.05) is 17.7 Å². The van der Waals surface area contributed by atoms with Gasteiger partial charge >= 0.3 is 0 Å². The van der Waals surface area contributed by atoms with Gasteiger partial charge in [-0.25, -0.2) is 0 Å². The van der Waals surface area contributed by atoms with Crippen LogP contribution in [0.2, 0.25) is 0 Å². The van der Waals surface area contributed by atoms with E-state index < -0.39 is 0 Å². The van der Waals surface area contributed by atoms with Crippen LogP contribution in [0.25, 0.3) is 0 Å². The lowest BCUT2D eigenvalue weighted by atomic mass is 10.2. The molecule has 0 aliphatic heterocycles. The Kier molecular flexibility index (Phi) is 6.33. The minimum absolute atomic E-state index is 0.678. The van der Waals surface area contributed by atoms with Crippen LogP contribution in [0.1, 0.15) is 12.5 Å². The molecule has 0 radical (unpaired) electrons. The Morgan fingerprint density at radius 3 is 2.43 bits per heavy atom. The molecule has 2 N–H and O–H groups in total. The van der Waals surface area contributed by atoms with Crippen molar-refractivity contribution in [3.8, 4) is 5.75 Å². The Balaban J connectivity index is 1.82. The molecular weight excluding hydrogens is 298 g/mol. The molecule has 0 atom stereocenters. The predicted molar refractivity (Wildman–Crippen MR) is 94.7 cm³/mol. The van der Waals surface area contributed by atoms with E-state index in [2.05, 4.69) is 31.2 Å². The lowest BCUT2D eigenvalue weighted by Crippen LogP contribution is -1.95. The summed E-state index contributed by atoms with van der Waals surface area (Å²) >= 11 is 3.66. The van der Waals surface area contributed by atoms with E-state index in [9.17, 15) is 0 Å². The van der Waals surface area contributed by atoms with Crippen molar-refractivity contribution in [1.29, 1.82) is 0 Å². The molecule has 4 heteroatoms. The van der Waals surface area contributed by atoms with Crippen molar-refractivity contribution >= 4 is 29.2 Å². The summed E-state index contributed by atoms with van der Waals surface area (Å²) in [4.78, 5) is 2.42. The predicted octanol–water partition coefficient (Wildman–Crippen LogP) is 4.86.